The van der Waals surface area contributed by atoms with E-state index >= 15 is 0 Å². The van der Waals surface area contributed by atoms with Gasteiger partial charge in [-0.2, -0.15) is 8.78 Å². The summed E-state index contributed by atoms with van der Waals surface area (Å²) in [6.45, 7) is 0.417. The molecule has 1 aliphatic carbocycles. The topological polar surface area (TPSA) is 70.0 Å². The first-order chi connectivity index (χ1) is 12.6. The highest BCUT2D eigenvalue weighted by molar-refractivity contribution is 7.18. The van der Waals surface area contributed by atoms with E-state index in [1.807, 2.05) is 0 Å². The summed E-state index contributed by atoms with van der Waals surface area (Å²) >= 11 is 0. The summed E-state index contributed by atoms with van der Waals surface area (Å²) in [5, 5.41) is 19.7. The van der Waals surface area contributed by atoms with Crippen molar-refractivity contribution in [2.75, 3.05) is 26.7 Å². The molecule has 0 aliphatic heterocycles. The molecular weight excluding hydrogens is 375 g/mol. The summed E-state index contributed by atoms with van der Waals surface area (Å²) in [6, 6.07) is 11.3. The number of ether oxygens (including phenoxy) is 1. The van der Waals surface area contributed by atoms with Crippen molar-refractivity contribution < 1.29 is 28.5 Å². The molecule has 0 saturated heterocycles. The van der Waals surface area contributed by atoms with E-state index < -0.39 is 17.2 Å². The Morgan fingerprint density at radius 2 is 1.89 bits per heavy atom. The number of fused-ring (bicyclic) bond motifs is 3. The van der Waals surface area contributed by atoms with Crippen LogP contribution in [0.15, 0.2) is 42.5 Å². The molecule has 2 unspecified atom stereocenters. The number of benzene rings is 2. The van der Waals surface area contributed by atoms with Crippen LogP contribution in [0.3, 0.4) is 0 Å². The van der Waals surface area contributed by atoms with Crippen molar-refractivity contribution >= 4 is 15.2 Å². The van der Waals surface area contributed by atoms with Crippen LogP contribution in [-0.2, 0) is 10.4 Å². The Balaban J connectivity index is 1.87. The number of carbonyl (C=O) groups is 1. The molecule has 0 saturated carbocycles. The number of rotatable bonds is 7. The van der Waals surface area contributed by atoms with Crippen LogP contribution in [0.4, 0.5) is 8.78 Å². The van der Waals surface area contributed by atoms with E-state index in [0.717, 1.165) is 0 Å². The van der Waals surface area contributed by atoms with Gasteiger partial charge in [0.2, 0.25) is 0 Å². The van der Waals surface area contributed by atoms with Gasteiger partial charge in [-0.15, -0.1) is 0 Å². The summed E-state index contributed by atoms with van der Waals surface area (Å²) in [6.07, 6.45) is 0. The minimum absolute atomic E-state index is 0.0834. The van der Waals surface area contributed by atoms with Crippen LogP contribution in [0.25, 0.3) is 11.1 Å². The Hall–Kier alpha value is -2.08. The predicted octanol–water partition coefficient (Wildman–Crippen LogP) is 2.77. The predicted molar refractivity (Wildman–Crippen MR) is 100 cm³/mol. The van der Waals surface area contributed by atoms with Crippen molar-refractivity contribution in [3.8, 4) is 16.9 Å². The fraction of sp³-hybridized carbons (Fsp3) is 0.316. The normalized spacial score (nSPS) is 18.3. The van der Waals surface area contributed by atoms with Crippen LogP contribution in [-0.4, -0.2) is 53.5 Å². The molecule has 5 nitrogen and oxygen atoms in total. The highest BCUT2D eigenvalue weighted by atomic mass is 31.0. The lowest BCUT2D eigenvalue weighted by Gasteiger charge is -2.31. The number of carboxylic acid groups (broad SMARTS) is 1. The molecule has 8 heteroatoms. The van der Waals surface area contributed by atoms with E-state index in [9.17, 15) is 18.7 Å². The van der Waals surface area contributed by atoms with Gasteiger partial charge in [-0.1, -0.05) is 39.6 Å². The third-order valence-electron chi connectivity index (χ3n) is 4.62. The molecule has 2 aromatic carbocycles. The summed E-state index contributed by atoms with van der Waals surface area (Å²) in [5.74, 6) is -0.613. The van der Waals surface area contributed by atoms with Crippen molar-refractivity contribution in [3.63, 3.8) is 0 Å². The molecule has 0 spiro atoms. The van der Waals surface area contributed by atoms with Crippen molar-refractivity contribution in [2.24, 2.45) is 0 Å². The Bertz CT molecular complexity index is 871. The number of halogens is 2. The van der Waals surface area contributed by atoms with Gasteiger partial charge in [-0.05, 0) is 30.3 Å². The van der Waals surface area contributed by atoms with Crippen LogP contribution in [0, 0.1) is 0 Å². The molecule has 0 bridgehead atoms. The third kappa shape index (κ3) is 3.55. The molecule has 0 radical (unpaired) electrons. The van der Waals surface area contributed by atoms with Gasteiger partial charge in [0.05, 0.1) is 6.54 Å². The zero-order chi connectivity index (χ0) is 19.8. The lowest BCUT2D eigenvalue weighted by Crippen LogP contribution is -2.40. The minimum atomic E-state index is -3.48. The summed E-state index contributed by atoms with van der Waals surface area (Å²) in [4.78, 5) is 12.2. The highest BCUT2D eigenvalue weighted by Gasteiger charge is 2.56. The van der Waals surface area contributed by atoms with Crippen LogP contribution < -0.4 is 4.74 Å². The van der Waals surface area contributed by atoms with Gasteiger partial charge in [0.15, 0.2) is 5.60 Å². The third-order valence-corrected chi connectivity index (χ3v) is 5.03. The van der Waals surface area contributed by atoms with Gasteiger partial charge in [-0.3, -0.25) is 9.69 Å². The van der Waals surface area contributed by atoms with Crippen LogP contribution >= 0.6 is 9.24 Å². The standard InChI is InChI=1S/C19H20F2NO4P/c1-22(11-17(23)24)8-9-26-12-6-7-14-13-4-2-3-5-15(13)18(25,16(14)10-12)19(20,21)27/h2-7,10,25H,8-9,11,27H2,1H3,(H,23,24). The zero-order valence-electron chi connectivity index (χ0n) is 14.7. The second-order valence-corrected chi connectivity index (χ2v) is 7.29. The maximum atomic E-state index is 14.4. The molecule has 1 aliphatic rings. The van der Waals surface area contributed by atoms with E-state index in [0.29, 0.717) is 23.4 Å². The fourth-order valence-electron chi connectivity index (χ4n) is 3.31. The maximum Gasteiger partial charge on any atom is 0.317 e. The monoisotopic (exact) mass is 395 g/mol. The average molecular weight is 395 g/mol. The second kappa shape index (κ2) is 7.15. The van der Waals surface area contributed by atoms with Crippen LogP contribution in [0.5, 0.6) is 5.75 Å². The van der Waals surface area contributed by atoms with Gasteiger partial charge in [0.1, 0.15) is 12.4 Å². The van der Waals surface area contributed by atoms with Gasteiger partial charge < -0.3 is 14.9 Å². The molecule has 0 amide bonds. The molecular formula is C19H20F2NO4P. The average Bonchev–Trinajstić information content (AvgIpc) is 2.84. The van der Waals surface area contributed by atoms with E-state index in [-0.39, 0.29) is 24.3 Å². The van der Waals surface area contributed by atoms with Gasteiger partial charge in [-0.25, -0.2) is 0 Å². The van der Waals surface area contributed by atoms with Crippen molar-refractivity contribution in [1.82, 2.24) is 4.90 Å². The lowest BCUT2D eigenvalue weighted by atomic mass is 9.91. The number of aliphatic hydroxyl groups is 1. The van der Waals surface area contributed by atoms with Crippen molar-refractivity contribution in [2.45, 2.75) is 11.3 Å². The molecule has 27 heavy (non-hydrogen) atoms. The van der Waals surface area contributed by atoms with Crippen molar-refractivity contribution in [3.05, 3.63) is 53.6 Å². The zero-order valence-corrected chi connectivity index (χ0v) is 15.8. The first-order valence-electron chi connectivity index (χ1n) is 8.31. The number of alkyl halides is 2. The van der Waals surface area contributed by atoms with Gasteiger partial charge in [0.25, 0.3) is 5.66 Å². The number of carboxylic acids is 1. The first-order valence-corrected chi connectivity index (χ1v) is 8.89. The Labute approximate surface area is 157 Å². The number of aliphatic carboxylic acids is 1. The Morgan fingerprint density at radius 1 is 1.22 bits per heavy atom. The maximum absolute atomic E-state index is 14.4. The molecule has 144 valence electrons. The molecule has 2 aromatic rings. The number of nitrogens with zero attached hydrogens (tertiary/aromatic N) is 1. The molecule has 0 aromatic heterocycles. The summed E-state index contributed by atoms with van der Waals surface area (Å²) < 4.78 is 34.4. The first kappa shape index (κ1) is 19.7. The summed E-state index contributed by atoms with van der Waals surface area (Å²) in [5.41, 5.74) is -4.62. The Morgan fingerprint density at radius 3 is 2.56 bits per heavy atom. The SMILES string of the molecule is CN(CCOc1ccc2c(c1)C(O)(C(F)(F)P)c1ccccc1-2)CC(=O)O. The number of hydrogen-bond acceptors (Lipinski definition) is 4. The molecule has 3 rings (SSSR count). The molecule has 2 atom stereocenters. The minimum Gasteiger partial charge on any atom is -0.492 e. The van der Waals surface area contributed by atoms with Crippen LogP contribution in [0.2, 0.25) is 0 Å². The van der Waals surface area contributed by atoms with Crippen molar-refractivity contribution in [1.29, 1.82) is 0 Å². The van der Waals surface area contributed by atoms with E-state index in [4.69, 9.17) is 9.84 Å². The van der Waals surface area contributed by atoms with E-state index in [1.165, 1.54) is 21.4 Å². The van der Waals surface area contributed by atoms with Gasteiger partial charge >= 0.3 is 5.97 Å². The molecule has 2 N–H and O–H groups in total. The van der Waals surface area contributed by atoms with Crippen LogP contribution in [0.1, 0.15) is 11.1 Å². The molecule has 0 fully saturated rings. The van der Waals surface area contributed by atoms with Gasteiger partial charge in [0, 0.05) is 17.7 Å². The largest absolute Gasteiger partial charge is 0.492 e. The lowest BCUT2D eigenvalue weighted by molar-refractivity contribution is -0.138. The second-order valence-electron chi connectivity index (χ2n) is 6.57. The molecule has 0 heterocycles. The highest BCUT2D eigenvalue weighted by Crippen LogP contribution is 2.57. The van der Waals surface area contributed by atoms with E-state index in [2.05, 4.69) is 0 Å². The quantitative estimate of drug-likeness (QED) is 0.706. The summed E-state index contributed by atoms with van der Waals surface area (Å²) in [7, 11) is 3.07. The van der Waals surface area contributed by atoms with E-state index in [1.54, 1.807) is 42.3 Å². The number of likely N-dealkylation sites (N-methyl/N-ethyl adjacent to an activating group) is 1. The smallest absolute Gasteiger partial charge is 0.317 e. The Kier molecular flexibility index (Phi) is 5.21. The number of hydrogen-bond donors (Lipinski definition) is 2. The fourth-order valence-corrected chi connectivity index (χ4v) is 3.63.